The Kier molecular flexibility index (Phi) is 9.51. The van der Waals surface area contributed by atoms with Gasteiger partial charge in [-0.2, -0.15) is 0 Å². The minimum absolute atomic E-state index is 0.113. The molecule has 6 heteroatoms. The molecule has 0 bridgehead atoms. The molecule has 0 amide bonds. The third kappa shape index (κ3) is 7.28. The molecule has 30 heavy (non-hydrogen) atoms. The highest BCUT2D eigenvalue weighted by atomic mass is 16.7. The van der Waals surface area contributed by atoms with Gasteiger partial charge >= 0.3 is 11.9 Å². The maximum absolute atomic E-state index is 12.4. The Morgan fingerprint density at radius 3 is 1.63 bits per heavy atom. The van der Waals surface area contributed by atoms with Crippen molar-refractivity contribution in [2.45, 2.75) is 58.0 Å². The zero-order valence-corrected chi connectivity index (χ0v) is 17.4. The number of esters is 2. The van der Waals surface area contributed by atoms with E-state index in [1.54, 1.807) is 67.6 Å². The first-order chi connectivity index (χ1) is 14.4. The first-order valence-corrected chi connectivity index (χ1v) is 10.3. The fraction of sp³-hybridized carbons (Fsp3) is 0.417. The van der Waals surface area contributed by atoms with Crippen LogP contribution in [0, 0.1) is 5.92 Å². The van der Waals surface area contributed by atoms with Gasteiger partial charge in [0.25, 0.3) is 0 Å². The number of carbonyl (C=O) groups excluding carboxylic acids is 2. The number of hydrogen-bond donors (Lipinski definition) is 2. The molecule has 0 aromatic heterocycles. The predicted octanol–water partition coefficient (Wildman–Crippen LogP) is 3.96. The van der Waals surface area contributed by atoms with Crippen molar-refractivity contribution in [1.82, 2.24) is 0 Å². The van der Waals surface area contributed by atoms with Crippen LogP contribution in [-0.2, 0) is 9.47 Å². The summed E-state index contributed by atoms with van der Waals surface area (Å²) < 4.78 is 10.8. The van der Waals surface area contributed by atoms with Crippen LogP contribution in [0.2, 0.25) is 0 Å². The Balaban J connectivity index is 2.04. The van der Waals surface area contributed by atoms with Crippen molar-refractivity contribution in [3.8, 4) is 0 Å². The maximum atomic E-state index is 12.4. The zero-order chi connectivity index (χ0) is 21.9. The molecule has 0 aliphatic carbocycles. The highest BCUT2D eigenvalue weighted by Gasteiger charge is 2.26. The van der Waals surface area contributed by atoms with E-state index in [1.165, 1.54) is 0 Å². The van der Waals surface area contributed by atoms with Crippen molar-refractivity contribution >= 4 is 11.9 Å². The van der Waals surface area contributed by atoms with Crippen LogP contribution in [0.15, 0.2) is 60.7 Å². The molecule has 162 valence electrons. The largest absolute Gasteiger partial charge is 0.422 e. The highest BCUT2D eigenvalue weighted by Crippen LogP contribution is 2.20. The Morgan fingerprint density at radius 2 is 1.20 bits per heavy atom. The number of ether oxygens (including phenoxy) is 2. The number of aliphatic hydroxyl groups is 2. The number of aliphatic hydroxyl groups excluding tert-OH is 2. The fourth-order valence-electron chi connectivity index (χ4n) is 3.05. The van der Waals surface area contributed by atoms with Gasteiger partial charge in [-0.1, -0.05) is 56.7 Å². The lowest BCUT2D eigenvalue weighted by Gasteiger charge is -2.25. The summed E-state index contributed by atoms with van der Waals surface area (Å²) in [6.45, 7) is 3.73. The maximum Gasteiger partial charge on any atom is 0.341 e. The molecule has 2 rings (SSSR count). The molecule has 0 aliphatic rings. The molecular weight excluding hydrogens is 384 g/mol. The minimum atomic E-state index is -1.16. The van der Waals surface area contributed by atoms with Gasteiger partial charge in [-0.05, 0) is 37.1 Å². The van der Waals surface area contributed by atoms with E-state index in [2.05, 4.69) is 0 Å². The smallest absolute Gasteiger partial charge is 0.341 e. The standard InChI is InChI=1S/C24H30O6/c1-3-10-20(25)17(2)21(26)15-16-22(29-23(27)18-11-6-4-7-12-18)30-24(28)19-13-8-5-9-14-19/h4-9,11-14,17,20-22,25-26H,3,10,15-16H2,1-2H3. The van der Waals surface area contributed by atoms with Crippen molar-refractivity contribution in [2.24, 2.45) is 5.92 Å². The molecular formula is C24H30O6. The van der Waals surface area contributed by atoms with Crippen LogP contribution in [-0.4, -0.2) is 40.6 Å². The van der Waals surface area contributed by atoms with E-state index in [0.717, 1.165) is 6.42 Å². The van der Waals surface area contributed by atoms with Gasteiger partial charge in [0.2, 0.25) is 6.29 Å². The molecule has 3 unspecified atom stereocenters. The molecule has 2 aromatic carbocycles. The molecule has 0 fully saturated rings. The average molecular weight is 414 g/mol. The van der Waals surface area contributed by atoms with E-state index in [0.29, 0.717) is 17.5 Å². The third-order valence-corrected chi connectivity index (χ3v) is 4.99. The SMILES string of the molecule is CCCC(O)C(C)C(O)CCC(OC(=O)c1ccccc1)OC(=O)c1ccccc1. The molecule has 2 N–H and O–H groups in total. The van der Waals surface area contributed by atoms with Crippen LogP contribution in [0.1, 0.15) is 60.2 Å². The summed E-state index contributed by atoms with van der Waals surface area (Å²) in [6, 6.07) is 16.8. The van der Waals surface area contributed by atoms with Gasteiger partial charge in [-0.15, -0.1) is 0 Å². The summed E-state index contributed by atoms with van der Waals surface area (Å²) >= 11 is 0. The molecule has 0 spiro atoms. The molecule has 0 radical (unpaired) electrons. The van der Waals surface area contributed by atoms with E-state index in [-0.39, 0.29) is 18.8 Å². The Morgan fingerprint density at radius 1 is 0.767 bits per heavy atom. The van der Waals surface area contributed by atoms with Crippen LogP contribution in [0.3, 0.4) is 0 Å². The number of carbonyl (C=O) groups is 2. The minimum Gasteiger partial charge on any atom is -0.422 e. The van der Waals surface area contributed by atoms with Gasteiger partial charge < -0.3 is 19.7 Å². The lowest BCUT2D eigenvalue weighted by Crippen LogP contribution is -2.32. The Bertz CT molecular complexity index is 723. The van der Waals surface area contributed by atoms with Crippen molar-refractivity contribution in [3.63, 3.8) is 0 Å². The van der Waals surface area contributed by atoms with Crippen LogP contribution in [0.5, 0.6) is 0 Å². The van der Waals surface area contributed by atoms with E-state index < -0.39 is 30.4 Å². The number of benzene rings is 2. The second kappa shape index (κ2) is 12.1. The molecule has 0 aliphatic heterocycles. The lowest BCUT2D eigenvalue weighted by atomic mass is 9.92. The summed E-state index contributed by atoms with van der Waals surface area (Å²) in [5.41, 5.74) is 0.677. The van der Waals surface area contributed by atoms with Gasteiger partial charge in [-0.3, -0.25) is 0 Å². The molecule has 3 atom stereocenters. The lowest BCUT2D eigenvalue weighted by molar-refractivity contribution is -0.0909. The van der Waals surface area contributed by atoms with Crippen molar-refractivity contribution in [1.29, 1.82) is 0 Å². The number of hydrogen-bond acceptors (Lipinski definition) is 6. The second-order valence-electron chi connectivity index (χ2n) is 7.33. The van der Waals surface area contributed by atoms with Gasteiger partial charge in [0, 0.05) is 12.3 Å². The van der Waals surface area contributed by atoms with Crippen molar-refractivity contribution < 1.29 is 29.3 Å². The van der Waals surface area contributed by atoms with Crippen LogP contribution < -0.4 is 0 Å². The van der Waals surface area contributed by atoms with Crippen LogP contribution >= 0.6 is 0 Å². The van der Waals surface area contributed by atoms with Gasteiger partial charge in [0.1, 0.15) is 0 Å². The summed E-state index contributed by atoms with van der Waals surface area (Å²) in [4.78, 5) is 24.9. The number of rotatable bonds is 11. The Labute approximate surface area is 177 Å². The average Bonchev–Trinajstić information content (AvgIpc) is 2.77. The summed E-state index contributed by atoms with van der Waals surface area (Å²) in [5.74, 6) is -1.58. The molecule has 6 nitrogen and oxygen atoms in total. The van der Waals surface area contributed by atoms with E-state index in [1.807, 2.05) is 6.92 Å². The summed E-state index contributed by atoms with van der Waals surface area (Å²) in [5, 5.41) is 20.5. The summed E-state index contributed by atoms with van der Waals surface area (Å²) in [6.07, 6.45) is -0.881. The van der Waals surface area contributed by atoms with E-state index in [4.69, 9.17) is 9.47 Å². The van der Waals surface area contributed by atoms with Crippen LogP contribution in [0.4, 0.5) is 0 Å². The topological polar surface area (TPSA) is 93.1 Å². The second-order valence-corrected chi connectivity index (χ2v) is 7.33. The predicted molar refractivity (Wildman–Crippen MR) is 113 cm³/mol. The molecule has 2 aromatic rings. The first-order valence-electron chi connectivity index (χ1n) is 10.3. The molecule has 0 heterocycles. The van der Waals surface area contributed by atoms with Gasteiger partial charge in [-0.25, -0.2) is 9.59 Å². The quantitative estimate of drug-likeness (QED) is 0.427. The normalized spacial score (nSPS) is 14.0. The van der Waals surface area contributed by atoms with Gasteiger partial charge in [0.05, 0.1) is 23.3 Å². The molecule has 0 saturated carbocycles. The van der Waals surface area contributed by atoms with Crippen LogP contribution in [0.25, 0.3) is 0 Å². The first kappa shape index (κ1) is 23.6. The van der Waals surface area contributed by atoms with Crippen molar-refractivity contribution in [3.05, 3.63) is 71.8 Å². The van der Waals surface area contributed by atoms with Gasteiger partial charge in [0.15, 0.2) is 0 Å². The fourth-order valence-corrected chi connectivity index (χ4v) is 3.05. The van der Waals surface area contributed by atoms with E-state index >= 15 is 0 Å². The van der Waals surface area contributed by atoms with Crippen molar-refractivity contribution in [2.75, 3.05) is 0 Å². The third-order valence-electron chi connectivity index (χ3n) is 4.99. The monoisotopic (exact) mass is 414 g/mol. The molecule has 0 saturated heterocycles. The zero-order valence-electron chi connectivity index (χ0n) is 17.4. The summed E-state index contributed by atoms with van der Waals surface area (Å²) in [7, 11) is 0. The Hall–Kier alpha value is -2.70. The van der Waals surface area contributed by atoms with E-state index in [9.17, 15) is 19.8 Å². The highest BCUT2D eigenvalue weighted by molar-refractivity contribution is 5.90.